The maximum Gasteiger partial charge on any atom is 0.374 e. The number of ether oxygens (including phenoxy) is 2. The van der Waals surface area contributed by atoms with Crippen LogP contribution in [0.4, 0.5) is 0 Å². The number of carbonyl (C=O) groups is 3. The Morgan fingerprint density at radius 2 is 1.78 bits per heavy atom. The molecule has 2 heterocycles. The largest absolute Gasteiger partial charge is 0.462 e. The molecule has 0 fully saturated rings. The topological polar surface area (TPSA) is 98.6 Å². The summed E-state index contributed by atoms with van der Waals surface area (Å²) >= 11 is 0. The zero-order chi connectivity index (χ0) is 17.0. The van der Waals surface area contributed by atoms with Gasteiger partial charge in [-0.1, -0.05) is 0 Å². The van der Waals surface area contributed by atoms with E-state index in [4.69, 9.17) is 13.9 Å². The Labute approximate surface area is 132 Å². The molecule has 0 radical (unpaired) electrons. The normalized spacial score (nSPS) is 10.4. The second kappa shape index (κ2) is 6.95. The van der Waals surface area contributed by atoms with Crippen LogP contribution >= 0.6 is 0 Å². The average molecular weight is 319 g/mol. The lowest BCUT2D eigenvalue weighted by atomic mass is 10.1. The van der Waals surface area contributed by atoms with Gasteiger partial charge in [0, 0.05) is 11.4 Å². The number of carbonyl (C=O) groups excluding carboxylic acids is 3. The van der Waals surface area contributed by atoms with Crippen LogP contribution in [0, 0.1) is 13.8 Å². The molecule has 0 unspecified atom stereocenters. The zero-order valence-electron chi connectivity index (χ0n) is 13.1. The molecular formula is C16H17NO6. The van der Waals surface area contributed by atoms with Crippen molar-refractivity contribution in [3.63, 3.8) is 0 Å². The van der Waals surface area contributed by atoms with Crippen LogP contribution < -0.4 is 0 Å². The van der Waals surface area contributed by atoms with E-state index in [1.165, 1.54) is 18.4 Å². The molecule has 0 bridgehead atoms. The van der Waals surface area contributed by atoms with Gasteiger partial charge < -0.3 is 18.9 Å². The number of aromatic amines is 1. The van der Waals surface area contributed by atoms with E-state index in [9.17, 15) is 14.4 Å². The fourth-order valence-corrected chi connectivity index (χ4v) is 2.26. The lowest BCUT2D eigenvalue weighted by Gasteiger charge is -2.06. The maximum atomic E-state index is 12.3. The summed E-state index contributed by atoms with van der Waals surface area (Å²) in [7, 11) is 0. The van der Waals surface area contributed by atoms with Gasteiger partial charge in [-0.3, -0.25) is 4.79 Å². The number of hydrogen-bond acceptors (Lipinski definition) is 6. The minimum atomic E-state index is -0.744. The minimum Gasteiger partial charge on any atom is -0.462 e. The van der Waals surface area contributed by atoms with E-state index >= 15 is 0 Å². The number of esters is 2. The van der Waals surface area contributed by atoms with Gasteiger partial charge in [-0.25, -0.2) is 9.59 Å². The fourth-order valence-electron chi connectivity index (χ4n) is 2.26. The number of hydrogen-bond donors (Lipinski definition) is 1. The quantitative estimate of drug-likeness (QED) is 0.648. The number of nitrogens with one attached hydrogen (secondary N) is 1. The Morgan fingerprint density at radius 3 is 2.39 bits per heavy atom. The molecule has 2 rings (SSSR count). The second-order valence-electron chi connectivity index (χ2n) is 4.82. The van der Waals surface area contributed by atoms with Gasteiger partial charge >= 0.3 is 11.9 Å². The predicted octanol–water partition coefficient (Wildman–Crippen LogP) is 2.44. The van der Waals surface area contributed by atoms with Gasteiger partial charge in [0.15, 0.2) is 6.61 Å². The Bertz CT molecular complexity index is 726. The zero-order valence-corrected chi connectivity index (χ0v) is 13.1. The molecule has 0 spiro atoms. The highest BCUT2D eigenvalue weighted by atomic mass is 16.5. The van der Waals surface area contributed by atoms with Crippen molar-refractivity contribution < 1.29 is 28.3 Å². The SMILES string of the molecule is CCOC(=O)c1c(C)[nH]c(C)c1C(=O)COC(=O)c1ccco1. The molecule has 0 amide bonds. The van der Waals surface area contributed by atoms with Gasteiger partial charge in [-0.15, -0.1) is 0 Å². The summed E-state index contributed by atoms with van der Waals surface area (Å²) in [6.45, 7) is 4.72. The van der Waals surface area contributed by atoms with Gasteiger partial charge in [0.25, 0.3) is 0 Å². The smallest absolute Gasteiger partial charge is 0.374 e. The molecule has 1 N–H and O–H groups in total. The van der Waals surface area contributed by atoms with Gasteiger partial charge in [0.1, 0.15) is 0 Å². The summed E-state index contributed by atoms with van der Waals surface area (Å²) in [5.41, 5.74) is 1.39. The van der Waals surface area contributed by atoms with Crippen molar-refractivity contribution in [3.05, 3.63) is 46.7 Å². The highest BCUT2D eigenvalue weighted by Gasteiger charge is 2.26. The predicted molar refractivity (Wildman–Crippen MR) is 79.5 cm³/mol. The van der Waals surface area contributed by atoms with E-state index in [2.05, 4.69) is 4.98 Å². The summed E-state index contributed by atoms with van der Waals surface area (Å²) in [6, 6.07) is 2.97. The first-order chi connectivity index (χ1) is 11.0. The number of ketones is 1. The number of furan rings is 1. The lowest BCUT2D eigenvalue weighted by Crippen LogP contribution is -2.18. The van der Waals surface area contributed by atoms with Crippen LogP contribution in [0.2, 0.25) is 0 Å². The molecule has 0 saturated heterocycles. The molecule has 7 heteroatoms. The highest BCUT2D eigenvalue weighted by molar-refractivity contribution is 6.09. The number of H-pyrrole nitrogens is 1. The van der Waals surface area contributed by atoms with Gasteiger partial charge in [-0.2, -0.15) is 0 Å². The van der Waals surface area contributed by atoms with Crippen LogP contribution in [0.15, 0.2) is 22.8 Å². The van der Waals surface area contributed by atoms with E-state index in [1.807, 2.05) is 0 Å². The monoisotopic (exact) mass is 319 g/mol. The van der Waals surface area contributed by atoms with Gasteiger partial charge in [0.2, 0.25) is 11.5 Å². The van der Waals surface area contributed by atoms with E-state index in [-0.39, 0.29) is 23.5 Å². The van der Waals surface area contributed by atoms with Crippen LogP contribution in [0.1, 0.15) is 49.6 Å². The minimum absolute atomic E-state index is 0.00499. The average Bonchev–Trinajstić information content (AvgIpc) is 3.12. The Kier molecular flexibility index (Phi) is 5.00. The molecule has 0 aliphatic carbocycles. The van der Waals surface area contributed by atoms with Crippen molar-refractivity contribution in [1.82, 2.24) is 4.98 Å². The fraction of sp³-hybridized carbons (Fsp3) is 0.312. The maximum absolute atomic E-state index is 12.3. The lowest BCUT2D eigenvalue weighted by molar-refractivity contribution is 0.0442. The van der Waals surface area contributed by atoms with Crippen molar-refractivity contribution >= 4 is 17.7 Å². The molecule has 7 nitrogen and oxygen atoms in total. The number of aryl methyl sites for hydroxylation is 2. The standard InChI is InChI=1S/C16H17NO6/c1-4-21-16(20)14-10(3)17-9(2)13(14)11(18)8-23-15(19)12-6-5-7-22-12/h5-7,17H,4,8H2,1-3H3. The van der Waals surface area contributed by atoms with Crippen LogP contribution in [-0.4, -0.2) is 35.9 Å². The van der Waals surface area contributed by atoms with Crippen molar-refractivity contribution in [2.45, 2.75) is 20.8 Å². The van der Waals surface area contributed by atoms with Crippen molar-refractivity contribution in [1.29, 1.82) is 0 Å². The number of aromatic nitrogens is 1. The van der Waals surface area contributed by atoms with Crippen molar-refractivity contribution in [3.8, 4) is 0 Å². The third-order valence-electron chi connectivity index (χ3n) is 3.19. The first-order valence-electron chi connectivity index (χ1n) is 7.05. The first-order valence-corrected chi connectivity index (χ1v) is 7.05. The highest BCUT2D eigenvalue weighted by Crippen LogP contribution is 2.20. The molecular weight excluding hydrogens is 302 g/mol. The van der Waals surface area contributed by atoms with E-state index in [0.29, 0.717) is 11.4 Å². The molecule has 0 aromatic carbocycles. The Balaban J connectivity index is 2.16. The van der Waals surface area contributed by atoms with E-state index in [0.717, 1.165) is 0 Å². The first kappa shape index (κ1) is 16.5. The number of rotatable bonds is 6. The summed E-state index contributed by atoms with van der Waals surface area (Å²) < 4.78 is 14.8. The van der Waals surface area contributed by atoms with Crippen molar-refractivity contribution in [2.24, 2.45) is 0 Å². The molecule has 2 aromatic rings. The van der Waals surface area contributed by atoms with Crippen molar-refractivity contribution in [2.75, 3.05) is 13.2 Å². The molecule has 2 aromatic heterocycles. The van der Waals surface area contributed by atoms with Crippen LogP contribution in [0.25, 0.3) is 0 Å². The number of Topliss-reactive ketones (excluding diaryl/α,β-unsaturated/α-hetero) is 1. The Hall–Kier alpha value is -2.83. The molecule has 0 saturated carbocycles. The summed E-state index contributed by atoms with van der Waals surface area (Å²) in [6.07, 6.45) is 1.33. The van der Waals surface area contributed by atoms with Gasteiger partial charge in [-0.05, 0) is 32.9 Å². The second-order valence-corrected chi connectivity index (χ2v) is 4.82. The summed E-state index contributed by atoms with van der Waals surface area (Å²) in [5.74, 6) is -1.82. The van der Waals surface area contributed by atoms with Gasteiger partial charge in [0.05, 0.1) is 24.0 Å². The Morgan fingerprint density at radius 1 is 1.09 bits per heavy atom. The summed E-state index contributed by atoms with van der Waals surface area (Å²) in [4.78, 5) is 39.0. The molecule has 0 aliphatic heterocycles. The van der Waals surface area contributed by atoms with Crippen LogP contribution in [0.3, 0.4) is 0 Å². The summed E-state index contributed by atoms with van der Waals surface area (Å²) in [5, 5.41) is 0. The third kappa shape index (κ3) is 3.50. The van der Waals surface area contributed by atoms with E-state index < -0.39 is 24.3 Å². The van der Waals surface area contributed by atoms with E-state index in [1.54, 1.807) is 20.8 Å². The van der Waals surface area contributed by atoms with Crippen LogP contribution in [-0.2, 0) is 9.47 Å². The molecule has 122 valence electrons. The molecule has 0 atom stereocenters. The third-order valence-corrected chi connectivity index (χ3v) is 3.19. The molecule has 23 heavy (non-hydrogen) atoms. The van der Waals surface area contributed by atoms with Crippen LogP contribution in [0.5, 0.6) is 0 Å². The molecule has 0 aliphatic rings.